The molecule has 1 amide bonds. The SMILES string of the molecule is COc1cc(N2CCN(C3CN(C(=O)OC(C)(C)C)C3)CC2)c(C)cc1N. The third-order valence-corrected chi connectivity index (χ3v) is 5.23. The van der Waals surface area contributed by atoms with Crippen molar-refractivity contribution >= 4 is 17.5 Å². The van der Waals surface area contributed by atoms with Gasteiger partial charge in [-0.2, -0.15) is 0 Å². The second kappa shape index (κ2) is 7.46. The van der Waals surface area contributed by atoms with Crippen LogP contribution in [0.2, 0.25) is 0 Å². The Hall–Kier alpha value is -2.15. The van der Waals surface area contributed by atoms with E-state index in [-0.39, 0.29) is 6.09 Å². The van der Waals surface area contributed by atoms with E-state index in [0.29, 0.717) is 11.7 Å². The number of likely N-dealkylation sites (tertiary alicyclic amines) is 1. The smallest absolute Gasteiger partial charge is 0.410 e. The number of hydrogen-bond acceptors (Lipinski definition) is 6. The van der Waals surface area contributed by atoms with Gasteiger partial charge < -0.3 is 25.0 Å². The predicted octanol–water partition coefficient (Wildman–Crippen LogP) is 2.33. The molecule has 1 aromatic carbocycles. The first kappa shape index (κ1) is 19.6. The lowest BCUT2D eigenvalue weighted by Crippen LogP contribution is -2.64. The van der Waals surface area contributed by atoms with Crippen LogP contribution in [0.3, 0.4) is 0 Å². The maximum absolute atomic E-state index is 12.1. The number of amides is 1. The Labute approximate surface area is 162 Å². The number of nitrogen functional groups attached to an aromatic ring is 1. The number of benzene rings is 1. The van der Waals surface area contributed by atoms with Gasteiger partial charge in [0.25, 0.3) is 0 Å². The van der Waals surface area contributed by atoms with Gasteiger partial charge in [-0.3, -0.25) is 4.90 Å². The van der Waals surface area contributed by atoms with Crippen LogP contribution in [0.5, 0.6) is 5.75 Å². The molecule has 0 spiro atoms. The van der Waals surface area contributed by atoms with E-state index in [0.717, 1.165) is 45.0 Å². The molecule has 0 radical (unpaired) electrons. The molecule has 2 heterocycles. The van der Waals surface area contributed by atoms with Crippen LogP contribution in [0.4, 0.5) is 16.2 Å². The molecule has 0 unspecified atom stereocenters. The molecule has 0 aliphatic carbocycles. The fourth-order valence-corrected chi connectivity index (χ4v) is 3.71. The van der Waals surface area contributed by atoms with Gasteiger partial charge in [0.15, 0.2) is 0 Å². The summed E-state index contributed by atoms with van der Waals surface area (Å²) < 4.78 is 10.8. The molecule has 7 heteroatoms. The van der Waals surface area contributed by atoms with Crippen LogP contribution in [-0.2, 0) is 4.74 Å². The Morgan fingerprint density at radius 2 is 1.78 bits per heavy atom. The maximum Gasteiger partial charge on any atom is 0.410 e. The van der Waals surface area contributed by atoms with Crippen LogP contribution in [-0.4, -0.2) is 73.9 Å². The van der Waals surface area contributed by atoms with E-state index in [1.165, 1.54) is 11.3 Å². The van der Waals surface area contributed by atoms with Gasteiger partial charge >= 0.3 is 6.09 Å². The Kier molecular flexibility index (Phi) is 5.42. The molecule has 0 atom stereocenters. The molecule has 2 aliphatic rings. The summed E-state index contributed by atoms with van der Waals surface area (Å²) in [6.45, 7) is 13.2. The molecule has 2 saturated heterocycles. The lowest BCUT2D eigenvalue weighted by Gasteiger charge is -2.48. The summed E-state index contributed by atoms with van der Waals surface area (Å²) in [4.78, 5) is 18.7. The van der Waals surface area contributed by atoms with Gasteiger partial charge in [-0.25, -0.2) is 4.79 Å². The number of piperazine rings is 1. The minimum atomic E-state index is -0.439. The first-order chi connectivity index (χ1) is 12.7. The first-order valence-corrected chi connectivity index (χ1v) is 9.59. The summed E-state index contributed by atoms with van der Waals surface area (Å²) in [5, 5.41) is 0. The maximum atomic E-state index is 12.1. The molecule has 0 aromatic heterocycles. The molecule has 2 fully saturated rings. The number of hydrogen-bond donors (Lipinski definition) is 1. The Balaban J connectivity index is 1.51. The highest BCUT2D eigenvalue weighted by atomic mass is 16.6. The fraction of sp³-hybridized carbons (Fsp3) is 0.650. The van der Waals surface area contributed by atoms with Crippen LogP contribution < -0.4 is 15.4 Å². The van der Waals surface area contributed by atoms with Crippen LogP contribution >= 0.6 is 0 Å². The van der Waals surface area contributed by atoms with Crippen molar-refractivity contribution in [2.45, 2.75) is 39.3 Å². The van der Waals surface area contributed by atoms with Crippen molar-refractivity contribution < 1.29 is 14.3 Å². The zero-order valence-corrected chi connectivity index (χ0v) is 17.1. The number of carbonyl (C=O) groups excluding carboxylic acids is 1. The average molecular weight is 377 g/mol. The third kappa shape index (κ3) is 4.40. The molecule has 27 heavy (non-hydrogen) atoms. The summed E-state index contributed by atoms with van der Waals surface area (Å²) in [7, 11) is 1.65. The van der Waals surface area contributed by atoms with Crippen molar-refractivity contribution in [1.82, 2.24) is 9.80 Å². The standard InChI is InChI=1S/C20H32N4O3/c1-14-10-16(21)18(26-5)11-17(14)23-8-6-22(7-9-23)15-12-24(13-15)19(25)27-20(2,3)4/h10-11,15H,6-9,12-13,21H2,1-5H3. The van der Waals surface area contributed by atoms with Crippen LogP contribution in [0, 0.1) is 6.92 Å². The fourth-order valence-electron chi connectivity index (χ4n) is 3.71. The topological polar surface area (TPSA) is 71.3 Å². The molecule has 3 rings (SSSR count). The molecule has 150 valence electrons. The highest BCUT2D eigenvalue weighted by Crippen LogP contribution is 2.32. The highest BCUT2D eigenvalue weighted by molar-refractivity contribution is 5.69. The number of methoxy groups -OCH3 is 1. The van der Waals surface area contributed by atoms with Gasteiger partial charge in [0, 0.05) is 57.1 Å². The molecule has 2 N–H and O–H groups in total. The van der Waals surface area contributed by atoms with E-state index < -0.39 is 5.60 Å². The lowest BCUT2D eigenvalue weighted by molar-refractivity contribution is -0.0162. The lowest BCUT2D eigenvalue weighted by atomic mass is 10.1. The molecule has 7 nitrogen and oxygen atoms in total. The predicted molar refractivity (Wildman–Crippen MR) is 108 cm³/mol. The van der Waals surface area contributed by atoms with Gasteiger partial charge in [0.2, 0.25) is 0 Å². The van der Waals surface area contributed by atoms with Gasteiger partial charge in [-0.15, -0.1) is 0 Å². The van der Waals surface area contributed by atoms with Crippen LogP contribution in [0.1, 0.15) is 26.3 Å². The number of nitrogens with two attached hydrogens (primary N) is 1. The van der Waals surface area contributed by atoms with Crippen molar-refractivity contribution in [1.29, 1.82) is 0 Å². The molecule has 0 bridgehead atoms. The molecule has 2 aliphatic heterocycles. The van der Waals surface area contributed by atoms with Gasteiger partial charge in [-0.1, -0.05) is 0 Å². The first-order valence-electron chi connectivity index (χ1n) is 9.59. The van der Waals surface area contributed by atoms with Crippen LogP contribution in [0.15, 0.2) is 12.1 Å². The molecule has 0 saturated carbocycles. The van der Waals surface area contributed by atoms with Crippen molar-refractivity contribution in [3.05, 3.63) is 17.7 Å². The number of nitrogens with zero attached hydrogens (tertiary/aromatic N) is 3. The minimum Gasteiger partial charge on any atom is -0.495 e. The van der Waals surface area contributed by atoms with E-state index in [1.54, 1.807) is 12.0 Å². The largest absolute Gasteiger partial charge is 0.495 e. The third-order valence-electron chi connectivity index (χ3n) is 5.23. The number of anilines is 2. The van der Waals surface area contributed by atoms with Crippen molar-refractivity contribution in [2.75, 3.05) is 57.0 Å². The summed E-state index contributed by atoms with van der Waals surface area (Å²) in [6, 6.07) is 4.45. The minimum absolute atomic E-state index is 0.206. The summed E-state index contributed by atoms with van der Waals surface area (Å²) >= 11 is 0. The van der Waals surface area contributed by atoms with Gasteiger partial charge in [0.1, 0.15) is 11.4 Å². The van der Waals surface area contributed by atoms with Crippen molar-refractivity contribution in [3.63, 3.8) is 0 Å². The quantitative estimate of drug-likeness (QED) is 0.817. The molecule has 1 aromatic rings. The second-order valence-electron chi connectivity index (χ2n) is 8.44. The average Bonchev–Trinajstić information content (AvgIpc) is 2.53. The number of carbonyl (C=O) groups is 1. The number of ether oxygens (including phenoxy) is 2. The Morgan fingerprint density at radius 1 is 1.15 bits per heavy atom. The molecular weight excluding hydrogens is 344 g/mol. The second-order valence-corrected chi connectivity index (χ2v) is 8.44. The normalized spacial score (nSPS) is 19.0. The summed E-state index contributed by atoms with van der Waals surface area (Å²) in [5.41, 5.74) is 8.59. The monoisotopic (exact) mass is 376 g/mol. The zero-order chi connectivity index (χ0) is 19.8. The van der Waals surface area contributed by atoms with Crippen molar-refractivity contribution in [3.8, 4) is 5.75 Å². The number of rotatable bonds is 3. The molecular formula is C20H32N4O3. The van der Waals surface area contributed by atoms with E-state index in [1.807, 2.05) is 32.9 Å². The van der Waals surface area contributed by atoms with E-state index in [4.69, 9.17) is 15.2 Å². The van der Waals surface area contributed by atoms with Crippen LogP contribution in [0.25, 0.3) is 0 Å². The van der Waals surface area contributed by atoms with Gasteiger partial charge in [0.05, 0.1) is 12.8 Å². The summed E-state index contributed by atoms with van der Waals surface area (Å²) in [5.74, 6) is 0.727. The highest BCUT2D eigenvalue weighted by Gasteiger charge is 2.38. The van der Waals surface area contributed by atoms with Gasteiger partial charge in [-0.05, 0) is 39.3 Å². The van der Waals surface area contributed by atoms with E-state index >= 15 is 0 Å². The number of aryl methyl sites for hydroxylation is 1. The zero-order valence-electron chi connectivity index (χ0n) is 17.1. The van der Waals surface area contributed by atoms with E-state index in [9.17, 15) is 4.79 Å². The van der Waals surface area contributed by atoms with E-state index in [2.05, 4.69) is 16.7 Å². The Bertz CT molecular complexity index is 687. The Morgan fingerprint density at radius 3 is 2.33 bits per heavy atom. The summed E-state index contributed by atoms with van der Waals surface area (Å²) in [6.07, 6.45) is -0.206. The van der Waals surface area contributed by atoms with Crippen molar-refractivity contribution in [2.24, 2.45) is 0 Å².